The number of nitrogens with one attached hydrogen (secondary N) is 1. The zero-order valence-corrected chi connectivity index (χ0v) is 11.9. The zero-order valence-electron chi connectivity index (χ0n) is 11.1. The van der Waals surface area contributed by atoms with Gasteiger partial charge in [-0.05, 0) is 29.7 Å². The molecule has 1 N–H and O–H groups in total. The van der Waals surface area contributed by atoms with E-state index in [4.69, 9.17) is 4.74 Å². The van der Waals surface area contributed by atoms with Crippen LogP contribution >= 0.6 is 11.8 Å². The van der Waals surface area contributed by atoms with Gasteiger partial charge in [-0.3, -0.25) is 4.79 Å². The standard InChI is InChI=1S/C16H15NO2S/c1-19-14-7-5-6-13(12-14)17-16(18)10-11-20-15-8-3-2-4-9-15/h2-12H,1H3,(H,17,18)/b11-10+. The maximum absolute atomic E-state index is 11.8. The Balaban J connectivity index is 1.88. The maximum Gasteiger partial charge on any atom is 0.248 e. The minimum atomic E-state index is -0.165. The van der Waals surface area contributed by atoms with E-state index in [-0.39, 0.29) is 5.91 Å². The van der Waals surface area contributed by atoms with Crippen LogP contribution in [0.4, 0.5) is 5.69 Å². The number of hydrogen-bond acceptors (Lipinski definition) is 3. The molecule has 0 saturated carbocycles. The van der Waals surface area contributed by atoms with Crippen LogP contribution in [0.1, 0.15) is 0 Å². The van der Waals surface area contributed by atoms with Crippen molar-refractivity contribution < 1.29 is 9.53 Å². The molecule has 20 heavy (non-hydrogen) atoms. The van der Waals surface area contributed by atoms with E-state index >= 15 is 0 Å². The topological polar surface area (TPSA) is 38.3 Å². The van der Waals surface area contributed by atoms with E-state index in [0.29, 0.717) is 11.4 Å². The molecule has 0 spiro atoms. The normalized spacial score (nSPS) is 10.4. The molecule has 0 fully saturated rings. The number of benzene rings is 2. The molecule has 102 valence electrons. The number of rotatable bonds is 5. The number of ether oxygens (including phenoxy) is 1. The molecular weight excluding hydrogens is 270 g/mol. The third kappa shape index (κ3) is 4.48. The van der Waals surface area contributed by atoms with E-state index < -0.39 is 0 Å². The summed E-state index contributed by atoms with van der Waals surface area (Å²) in [5.41, 5.74) is 0.712. The van der Waals surface area contributed by atoms with Crippen LogP contribution < -0.4 is 10.1 Å². The number of thioether (sulfide) groups is 1. The summed E-state index contributed by atoms with van der Waals surface area (Å²) in [6.07, 6.45) is 1.51. The summed E-state index contributed by atoms with van der Waals surface area (Å²) in [6.45, 7) is 0. The van der Waals surface area contributed by atoms with Gasteiger partial charge in [-0.1, -0.05) is 36.0 Å². The Morgan fingerprint density at radius 1 is 1.15 bits per heavy atom. The van der Waals surface area contributed by atoms with Gasteiger partial charge >= 0.3 is 0 Å². The minimum Gasteiger partial charge on any atom is -0.497 e. The second-order valence-corrected chi connectivity index (χ2v) is 4.93. The molecule has 0 aliphatic rings. The highest BCUT2D eigenvalue weighted by Gasteiger charge is 1.99. The molecule has 0 bridgehead atoms. The molecule has 0 aromatic heterocycles. The number of carbonyl (C=O) groups is 1. The average molecular weight is 285 g/mol. The lowest BCUT2D eigenvalue weighted by Crippen LogP contribution is -2.07. The van der Waals surface area contributed by atoms with Crippen LogP contribution in [0.25, 0.3) is 0 Å². The molecule has 2 aromatic carbocycles. The quantitative estimate of drug-likeness (QED) is 0.668. The Labute approximate surface area is 122 Å². The van der Waals surface area contributed by atoms with Crippen molar-refractivity contribution in [3.63, 3.8) is 0 Å². The molecule has 0 radical (unpaired) electrons. The van der Waals surface area contributed by atoms with E-state index in [1.54, 1.807) is 18.6 Å². The van der Waals surface area contributed by atoms with Crippen LogP contribution in [-0.2, 0) is 4.79 Å². The van der Waals surface area contributed by atoms with Crippen LogP contribution in [0, 0.1) is 0 Å². The Kier molecular flexibility index (Phi) is 5.26. The Morgan fingerprint density at radius 3 is 2.70 bits per heavy atom. The predicted molar refractivity (Wildman–Crippen MR) is 83.1 cm³/mol. The van der Waals surface area contributed by atoms with E-state index in [0.717, 1.165) is 4.90 Å². The molecule has 3 nitrogen and oxygen atoms in total. The van der Waals surface area contributed by atoms with E-state index in [1.165, 1.54) is 17.8 Å². The summed E-state index contributed by atoms with van der Waals surface area (Å²) < 4.78 is 5.10. The molecule has 0 saturated heterocycles. The molecule has 0 aliphatic carbocycles. The van der Waals surface area contributed by atoms with Crippen molar-refractivity contribution in [2.45, 2.75) is 4.90 Å². The van der Waals surface area contributed by atoms with Gasteiger partial charge in [0.2, 0.25) is 5.91 Å². The van der Waals surface area contributed by atoms with Crippen molar-refractivity contribution in [2.75, 3.05) is 12.4 Å². The first-order valence-electron chi connectivity index (χ1n) is 6.11. The number of methoxy groups -OCH3 is 1. The summed E-state index contributed by atoms with van der Waals surface area (Å²) in [6, 6.07) is 17.1. The molecular formula is C16H15NO2S. The molecule has 0 unspecified atom stereocenters. The van der Waals surface area contributed by atoms with Crippen molar-refractivity contribution in [3.05, 3.63) is 66.1 Å². The first-order valence-corrected chi connectivity index (χ1v) is 6.99. The van der Waals surface area contributed by atoms with Crippen LogP contribution in [-0.4, -0.2) is 13.0 Å². The molecule has 0 atom stereocenters. The van der Waals surface area contributed by atoms with Crippen molar-refractivity contribution in [3.8, 4) is 5.75 Å². The number of anilines is 1. The fourth-order valence-electron chi connectivity index (χ4n) is 1.56. The molecule has 2 aromatic rings. The zero-order chi connectivity index (χ0) is 14.2. The minimum absolute atomic E-state index is 0.165. The van der Waals surface area contributed by atoms with Gasteiger partial charge < -0.3 is 10.1 Å². The lowest BCUT2D eigenvalue weighted by molar-refractivity contribution is -0.111. The predicted octanol–water partition coefficient (Wildman–Crippen LogP) is 3.94. The van der Waals surface area contributed by atoms with Gasteiger partial charge in [0.15, 0.2) is 0 Å². The molecule has 2 rings (SSSR count). The highest BCUT2D eigenvalue weighted by molar-refractivity contribution is 8.02. The summed E-state index contributed by atoms with van der Waals surface area (Å²) in [5.74, 6) is 0.548. The summed E-state index contributed by atoms with van der Waals surface area (Å²) in [5, 5.41) is 4.55. The lowest BCUT2D eigenvalue weighted by atomic mass is 10.3. The van der Waals surface area contributed by atoms with Crippen LogP contribution in [0.2, 0.25) is 0 Å². The summed E-state index contributed by atoms with van der Waals surface area (Å²) in [4.78, 5) is 12.8. The monoisotopic (exact) mass is 285 g/mol. The van der Waals surface area contributed by atoms with Gasteiger partial charge in [0.1, 0.15) is 5.75 Å². The third-order valence-electron chi connectivity index (χ3n) is 2.50. The van der Waals surface area contributed by atoms with Crippen molar-refractivity contribution in [2.24, 2.45) is 0 Å². The fourth-order valence-corrected chi connectivity index (χ4v) is 2.22. The van der Waals surface area contributed by atoms with E-state index in [1.807, 2.05) is 48.5 Å². The fraction of sp³-hybridized carbons (Fsp3) is 0.0625. The maximum atomic E-state index is 11.8. The first kappa shape index (κ1) is 14.2. The van der Waals surface area contributed by atoms with Gasteiger partial charge in [0.25, 0.3) is 0 Å². The summed E-state index contributed by atoms with van der Waals surface area (Å²) >= 11 is 1.50. The Morgan fingerprint density at radius 2 is 1.95 bits per heavy atom. The highest BCUT2D eigenvalue weighted by Crippen LogP contribution is 2.19. The van der Waals surface area contributed by atoms with E-state index in [2.05, 4.69) is 5.32 Å². The Bertz CT molecular complexity index is 596. The van der Waals surface area contributed by atoms with Crippen molar-refractivity contribution >= 4 is 23.4 Å². The van der Waals surface area contributed by atoms with Gasteiger partial charge in [0.05, 0.1) is 7.11 Å². The summed E-state index contributed by atoms with van der Waals surface area (Å²) in [7, 11) is 1.59. The second-order valence-electron chi connectivity index (χ2n) is 3.95. The number of hydrogen-bond donors (Lipinski definition) is 1. The number of carbonyl (C=O) groups excluding carboxylic acids is 1. The van der Waals surface area contributed by atoms with Gasteiger partial charge in [-0.15, -0.1) is 0 Å². The van der Waals surface area contributed by atoms with Gasteiger partial charge in [0, 0.05) is 22.7 Å². The van der Waals surface area contributed by atoms with Crippen molar-refractivity contribution in [1.29, 1.82) is 0 Å². The van der Waals surface area contributed by atoms with Gasteiger partial charge in [-0.25, -0.2) is 0 Å². The molecule has 0 heterocycles. The van der Waals surface area contributed by atoms with E-state index in [9.17, 15) is 4.79 Å². The second kappa shape index (κ2) is 7.40. The molecule has 4 heteroatoms. The third-order valence-corrected chi connectivity index (χ3v) is 3.32. The molecule has 0 aliphatic heterocycles. The Hall–Kier alpha value is -2.20. The smallest absolute Gasteiger partial charge is 0.248 e. The van der Waals surface area contributed by atoms with Crippen molar-refractivity contribution in [1.82, 2.24) is 0 Å². The number of amides is 1. The largest absolute Gasteiger partial charge is 0.497 e. The first-order chi connectivity index (χ1) is 9.78. The van der Waals surface area contributed by atoms with Crippen LogP contribution in [0.15, 0.2) is 71.0 Å². The molecule has 1 amide bonds. The van der Waals surface area contributed by atoms with Crippen LogP contribution in [0.3, 0.4) is 0 Å². The van der Waals surface area contributed by atoms with Gasteiger partial charge in [-0.2, -0.15) is 0 Å². The lowest BCUT2D eigenvalue weighted by Gasteiger charge is -2.04. The SMILES string of the molecule is COc1cccc(NC(=O)/C=C/Sc2ccccc2)c1. The highest BCUT2D eigenvalue weighted by atomic mass is 32.2. The average Bonchev–Trinajstić information content (AvgIpc) is 2.48. The van der Waals surface area contributed by atoms with Crippen LogP contribution in [0.5, 0.6) is 5.75 Å².